The standard InChI is InChI=1S/C25H30N8O3/c1-31-9-7-19(31)16-36-21-15-28-32(2)24(21)17-6-10-33-20(12-17)13-23(30-33)29-22-5-4-18(14-27-22)25(34)26-8-11-35-3/h4-6,10,12-15,19H,7-9,11,16H2,1-3H3,(H,26,34)(H,27,29,30)/t19-/m1/s1. The molecule has 1 atom stereocenters. The molecule has 1 saturated heterocycles. The van der Waals surface area contributed by atoms with E-state index in [0.29, 0.717) is 43.0 Å². The van der Waals surface area contributed by atoms with Gasteiger partial charge < -0.3 is 20.1 Å². The van der Waals surface area contributed by atoms with Crippen molar-refractivity contribution in [1.29, 1.82) is 0 Å². The number of nitrogens with zero attached hydrogens (tertiary/aromatic N) is 6. The third-order valence-corrected chi connectivity index (χ3v) is 6.39. The molecule has 11 nitrogen and oxygen atoms in total. The average Bonchev–Trinajstić information content (AvgIpc) is 3.45. The number of hydrogen-bond acceptors (Lipinski definition) is 8. The van der Waals surface area contributed by atoms with E-state index >= 15 is 0 Å². The lowest BCUT2D eigenvalue weighted by Crippen LogP contribution is -2.48. The van der Waals surface area contributed by atoms with Crippen molar-refractivity contribution in [3.63, 3.8) is 0 Å². The number of pyridine rings is 2. The molecule has 1 aliphatic rings. The number of methoxy groups -OCH3 is 1. The molecular formula is C25H30N8O3. The summed E-state index contributed by atoms with van der Waals surface area (Å²) in [5, 5.41) is 15.0. The van der Waals surface area contributed by atoms with E-state index < -0.39 is 0 Å². The van der Waals surface area contributed by atoms with Gasteiger partial charge in [0.1, 0.15) is 18.1 Å². The Kier molecular flexibility index (Phi) is 6.83. The van der Waals surface area contributed by atoms with E-state index in [4.69, 9.17) is 9.47 Å². The largest absolute Gasteiger partial charge is 0.488 e. The Hall–Kier alpha value is -3.96. The van der Waals surface area contributed by atoms with Gasteiger partial charge in [-0.15, -0.1) is 0 Å². The number of likely N-dealkylation sites (tertiary alicyclic amines) is 1. The maximum atomic E-state index is 12.1. The van der Waals surface area contributed by atoms with Gasteiger partial charge in [0.15, 0.2) is 11.6 Å². The molecule has 1 aliphatic heterocycles. The van der Waals surface area contributed by atoms with Crippen molar-refractivity contribution >= 4 is 23.1 Å². The van der Waals surface area contributed by atoms with Crippen LogP contribution in [0.15, 0.2) is 48.9 Å². The molecule has 0 aliphatic carbocycles. The van der Waals surface area contributed by atoms with Crippen LogP contribution < -0.4 is 15.4 Å². The van der Waals surface area contributed by atoms with E-state index in [9.17, 15) is 4.79 Å². The number of likely N-dealkylation sites (N-methyl/N-ethyl adjacent to an activating group) is 1. The molecule has 0 unspecified atom stereocenters. The van der Waals surface area contributed by atoms with Gasteiger partial charge in [-0.05, 0) is 44.3 Å². The quantitative estimate of drug-likeness (QED) is 0.326. The maximum Gasteiger partial charge on any atom is 0.252 e. The van der Waals surface area contributed by atoms with Crippen LogP contribution in [0, 0.1) is 0 Å². The number of aryl methyl sites for hydroxylation is 1. The third-order valence-electron chi connectivity index (χ3n) is 6.39. The molecule has 0 spiro atoms. The fourth-order valence-electron chi connectivity index (χ4n) is 4.12. The lowest BCUT2D eigenvalue weighted by atomic mass is 10.1. The van der Waals surface area contributed by atoms with Gasteiger partial charge in [0.25, 0.3) is 5.91 Å². The number of carbonyl (C=O) groups is 1. The van der Waals surface area contributed by atoms with Crippen LogP contribution in [-0.4, -0.2) is 81.7 Å². The first kappa shape index (κ1) is 23.8. The fraction of sp³-hybridized carbons (Fsp3) is 0.360. The fourth-order valence-corrected chi connectivity index (χ4v) is 4.12. The number of amides is 1. The molecule has 11 heteroatoms. The highest BCUT2D eigenvalue weighted by atomic mass is 16.5. The van der Waals surface area contributed by atoms with Gasteiger partial charge in [0.05, 0.1) is 23.9 Å². The molecule has 36 heavy (non-hydrogen) atoms. The SMILES string of the molecule is COCCNC(=O)c1ccc(Nc2cc3cc(-c4c(OC[C@H]5CCN5C)cnn4C)ccn3n2)nc1. The first-order valence-electron chi connectivity index (χ1n) is 11.9. The molecular weight excluding hydrogens is 460 g/mol. The molecule has 4 aromatic rings. The monoisotopic (exact) mass is 490 g/mol. The van der Waals surface area contributed by atoms with E-state index in [2.05, 4.69) is 43.8 Å². The number of hydrogen-bond donors (Lipinski definition) is 2. The van der Waals surface area contributed by atoms with E-state index in [1.165, 1.54) is 6.20 Å². The Bertz CT molecular complexity index is 1350. The van der Waals surface area contributed by atoms with E-state index in [1.807, 2.05) is 30.1 Å². The number of fused-ring (bicyclic) bond motifs is 1. The molecule has 0 aromatic carbocycles. The average molecular weight is 491 g/mol. The zero-order valence-corrected chi connectivity index (χ0v) is 20.6. The van der Waals surface area contributed by atoms with Gasteiger partial charge in [-0.2, -0.15) is 10.2 Å². The summed E-state index contributed by atoms with van der Waals surface area (Å²) < 4.78 is 14.7. The molecule has 0 radical (unpaired) electrons. The van der Waals surface area contributed by atoms with E-state index in [-0.39, 0.29) is 5.91 Å². The van der Waals surface area contributed by atoms with Crippen LogP contribution in [-0.2, 0) is 11.8 Å². The van der Waals surface area contributed by atoms with Gasteiger partial charge >= 0.3 is 0 Å². The highest BCUT2D eigenvalue weighted by Gasteiger charge is 2.25. The molecule has 0 bridgehead atoms. The van der Waals surface area contributed by atoms with E-state index in [0.717, 1.165) is 35.5 Å². The molecule has 5 rings (SSSR count). The van der Waals surface area contributed by atoms with Crippen molar-refractivity contribution in [2.75, 3.05) is 45.8 Å². The molecule has 0 saturated carbocycles. The molecule has 1 amide bonds. The molecule has 1 fully saturated rings. The van der Waals surface area contributed by atoms with Crippen molar-refractivity contribution in [2.45, 2.75) is 12.5 Å². The first-order chi connectivity index (χ1) is 17.5. The van der Waals surface area contributed by atoms with Gasteiger partial charge in [-0.1, -0.05) is 0 Å². The van der Waals surface area contributed by atoms with Crippen LogP contribution in [0.4, 0.5) is 11.6 Å². The third kappa shape index (κ3) is 5.02. The number of carbonyl (C=O) groups excluding carboxylic acids is 1. The predicted octanol–water partition coefficient (Wildman–Crippen LogP) is 2.33. The summed E-state index contributed by atoms with van der Waals surface area (Å²) in [5.74, 6) is 1.82. The summed E-state index contributed by atoms with van der Waals surface area (Å²) in [6.07, 6.45) is 6.37. The first-order valence-corrected chi connectivity index (χ1v) is 11.9. The van der Waals surface area contributed by atoms with Crippen molar-refractivity contribution in [3.05, 3.63) is 54.5 Å². The predicted molar refractivity (Wildman–Crippen MR) is 136 cm³/mol. The second-order valence-electron chi connectivity index (χ2n) is 8.84. The van der Waals surface area contributed by atoms with Gasteiger partial charge in [-0.3, -0.25) is 14.4 Å². The number of anilines is 2. The Balaban J connectivity index is 1.29. The van der Waals surface area contributed by atoms with E-state index in [1.54, 1.807) is 30.0 Å². The van der Waals surface area contributed by atoms with Crippen molar-refractivity contribution in [3.8, 4) is 17.0 Å². The van der Waals surface area contributed by atoms with Crippen LogP contribution in [0.3, 0.4) is 0 Å². The Morgan fingerprint density at radius 2 is 2.06 bits per heavy atom. The topological polar surface area (TPSA) is 111 Å². The molecule has 188 valence electrons. The molecule has 2 N–H and O–H groups in total. The van der Waals surface area contributed by atoms with Crippen LogP contribution >= 0.6 is 0 Å². The van der Waals surface area contributed by atoms with Gasteiger partial charge in [0, 0.05) is 50.8 Å². The summed E-state index contributed by atoms with van der Waals surface area (Å²) in [7, 11) is 5.62. The summed E-state index contributed by atoms with van der Waals surface area (Å²) in [6, 6.07) is 9.92. The number of aromatic nitrogens is 5. The zero-order valence-electron chi connectivity index (χ0n) is 20.6. The molecule has 5 heterocycles. The smallest absolute Gasteiger partial charge is 0.252 e. The summed E-state index contributed by atoms with van der Waals surface area (Å²) in [4.78, 5) is 18.8. The number of nitrogens with one attached hydrogen (secondary N) is 2. The minimum Gasteiger partial charge on any atom is -0.488 e. The van der Waals surface area contributed by atoms with Crippen LogP contribution in [0.5, 0.6) is 5.75 Å². The van der Waals surface area contributed by atoms with Gasteiger partial charge in [0.2, 0.25) is 0 Å². The highest BCUT2D eigenvalue weighted by Crippen LogP contribution is 2.31. The summed E-state index contributed by atoms with van der Waals surface area (Å²) in [5.41, 5.74) is 3.31. The summed E-state index contributed by atoms with van der Waals surface area (Å²) >= 11 is 0. The van der Waals surface area contributed by atoms with Crippen LogP contribution in [0.1, 0.15) is 16.8 Å². The van der Waals surface area contributed by atoms with Gasteiger partial charge in [-0.25, -0.2) is 9.50 Å². The minimum absolute atomic E-state index is 0.190. The van der Waals surface area contributed by atoms with Crippen molar-refractivity contribution < 1.29 is 14.3 Å². The van der Waals surface area contributed by atoms with Crippen molar-refractivity contribution in [1.82, 2.24) is 34.6 Å². The second kappa shape index (κ2) is 10.3. The Morgan fingerprint density at radius 1 is 1.17 bits per heavy atom. The lowest BCUT2D eigenvalue weighted by Gasteiger charge is -2.37. The van der Waals surface area contributed by atoms with Crippen LogP contribution in [0.25, 0.3) is 16.8 Å². The maximum absolute atomic E-state index is 12.1. The molecule has 4 aromatic heterocycles. The highest BCUT2D eigenvalue weighted by molar-refractivity contribution is 5.94. The van der Waals surface area contributed by atoms with Crippen molar-refractivity contribution in [2.24, 2.45) is 7.05 Å². The number of ether oxygens (including phenoxy) is 2. The zero-order chi connectivity index (χ0) is 25.1. The Labute approximate surface area is 209 Å². The lowest BCUT2D eigenvalue weighted by molar-refractivity contribution is 0.0771. The normalized spacial score (nSPS) is 15.6. The minimum atomic E-state index is -0.190. The van der Waals surface area contributed by atoms with Crippen LogP contribution in [0.2, 0.25) is 0 Å². The second-order valence-corrected chi connectivity index (χ2v) is 8.84. The number of rotatable bonds is 10. The summed E-state index contributed by atoms with van der Waals surface area (Å²) in [6.45, 7) is 2.68. The Morgan fingerprint density at radius 3 is 2.78 bits per heavy atom.